The summed E-state index contributed by atoms with van der Waals surface area (Å²) < 4.78 is 11.4. The molecule has 1 amide bonds. The number of amides is 1. The van der Waals surface area contributed by atoms with Crippen LogP contribution in [0, 0.1) is 0 Å². The standard InChI is InChI=1S/C21H33N5O3/c1-3-4-14-29-19-17(7-5-9-23-19)16-24-21(22-2)26-12-10-25(11-13-26)20(27)18-8-6-15-28-18/h5,7,9,18H,3-4,6,8,10-16H2,1-2H3,(H,22,24). The van der Waals surface area contributed by atoms with Crippen LogP contribution in [0.1, 0.15) is 38.2 Å². The fraction of sp³-hybridized carbons (Fsp3) is 0.667. The maximum atomic E-state index is 12.5. The molecule has 2 fully saturated rings. The predicted molar refractivity (Wildman–Crippen MR) is 112 cm³/mol. The van der Waals surface area contributed by atoms with Gasteiger partial charge in [0, 0.05) is 58.1 Å². The molecule has 8 heteroatoms. The van der Waals surface area contributed by atoms with E-state index in [0.717, 1.165) is 50.3 Å². The van der Waals surface area contributed by atoms with E-state index in [1.165, 1.54) is 0 Å². The fourth-order valence-electron chi connectivity index (χ4n) is 3.62. The Morgan fingerprint density at radius 1 is 1.34 bits per heavy atom. The number of carbonyl (C=O) groups is 1. The first-order chi connectivity index (χ1) is 14.2. The molecule has 0 spiro atoms. The molecular weight excluding hydrogens is 370 g/mol. The van der Waals surface area contributed by atoms with Gasteiger partial charge in [0.1, 0.15) is 6.10 Å². The highest BCUT2D eigenvalue weighted by molar-refractivity contribution is 5.82. The Kier molecular flexibility index (Phi) is 8.10. The van der Waals surface area contributed by atoms with Gasteiger partial charge in [-0.25, -0.2) is 4.98 Å². The summed E-state index contributed by atoms with van der Waals surface area (Å²) in [6, 6.07) is 3.94. The summed E-state index contributed by atoms with van der Waals surface area (Å²) in [5, 5.41) is 3.41. The van der Waals surface area contributed by atoms with Crippen molar-refractivity contribution < 1.29 is 14.3 Å². The molecule has 160 valence electrons. The fourth-order valence-corrected chi connectivity index (χ4v) is 3.62. The van der Waals surface area contributed by atoms with Gasteiger partial charge in [0.15, 0.2) is 5.96 Å². The number of unbranched alkanes of at least 4 members (excludes halogenated alkanes) is 1. The van der Waals surface area contributed by atoms with Gasteiger partial charge in [-0.2, -0.15) is 0 Å². The van der Waals surface area contributed by atoms with Crippen molar-refractivity contribution in [2.75, 3.05) is 46.4 Å². The van der Waals surface area contributed by atoms with E-state index < -0.39 is 0 Å². The first kappa shape index (κ1) is 21.4. The molecule has 0 bridgehead atoms. The summed E-state index contributed by atoms with van der Waals surface area (Å²) in [5.74, 6) is 1.64. The number of nitrogens with zero attached hydrogens (tertiary/aromatic N) is 4. The Morgan fingerprint density at radius 2 is 2.14 bits per heavy atom. The van der Waals surface area contributed by atoms with Crippen molar-refractivity contribution in [3.05, 3.63) is 23.9 Å². The highest BCUT2D eigenvalue weighted by atomic mass is 16.5. The molecule has 8 nitrogen and oxygen atoms in total. The molecule has 1 aromatic heterocycles. The second kappa shape index (κ2) is 11.0. The summed E-state index contributed by atoms with van der Waals surface area (Å²) in [6.45, 7) is 7.01. The summed E-state index contributed by atoms with van der Waals surface area (Å²) in [5.41, 5.74) is 1.01. The lowest BCUT2D eigenvalue weighted by atomic mass is 10.2. The van der Waals surface area contributed by atoms with Gasteiger partial charge in [0.05, 0.1) is 6.61 Å². The molecule has 0 radical (unpaired) electrons. The van der Waals surface area contributed by atoms with Crippen molar-refractivity contribution in [3.63, 3.8) is 0 Å². The molecule has 2 saturated heterocycles. The van der Waals surface area contributed by atoms with Crippen molar-refractivity contribution in [2.24, 2.45) is 4.99 Å². The topological polar surface area (TPSA) is 79.3 Å². The lowest BCUT2D eigenvalue weighted by molar-refractivity contribution is -0.142. The van der Waals surface area contributed by atoms with Gasteiger partial charge in [-0.15, -0.1) is 0 Å². The number of hydrogen-bond acceptors (Lipinski definition) is 5. The molecule has 1 N–H and O–H groups in total. The Morgan fingerprint density at radius 3 is 2.83 bits per heavy atom. The molecule has 1 atom stereocenters. The van der Waals surface area contributed by atoms with Crippen LogP contribution in [-0.4, -0.2) is 79.2 Å². The third kappa shape index (κ3) is 5.82. The van der Waals surface area contributed by atoms with Crippen LogP contribution in [0.25, 0.3) is 0 Å². The van der Waals surface area contributed by atoms with Crippen LogP contribution in [0.3, 0.4) is 0 Å². The molecule has 2 aliphatic heterocycles. The monoisotopic (exact) mass is 403 g/mol. The summed E-state index contributed by atoms with van der Waals surface area (Å²) in [6.07, 6.45) is 5.44. The van der Waals surface area contributed by atoms with Gasteiger partial charge >= 0.3 is 0 Å². The second-order valence-corrected chi connectivity index (χ2v) is 7.38. The Balaban J connectivity index is 1.49. The number of hydrogen-bond donors (Lipinski definition) is 1. The number of aliphatic imine (C=N–C) groups is 1. The molecule has 1 aromatic rings. The molecule has 0 saturated carbocycles. The summed E-state index contributed by atoms with van der Waals surface area (Å²) in [7, 11) is 1.79. The normalized spacial score (nSPS) is 20.1. The lowest BCUT2D eigenvalue weighted by Crippen LogP contribution is -2.55. The van der Waals surface area contributed by atoms with E-state index >= 15 is 0 Å². The molecule has 3 rings (SSSR count). The summed E-state index contributed by atoms with van der Waals surface area (Å²) >= 11 is 0. The highest BCUT2D eigenvalue weighted by Gasteiger charge is 2.30. The second-order valence-electron chi connectivity index (χ2n) is 7.38. The highest BCUT2D eigenvalue weighted by Crippen LogP contribution is 2.17. The third-order valence-electron chi connectivity index (χ3n) is 5.33. The van der Waals surface area contributed by atoms with E-state index in [9.17, 15) is 4.79 Å². The van der Waals surface area contributed by atoms with Crippen molar-refractivity contribution in [2.45, 2.75) is 45.3 Å². The van der Waals surface area contributed by atoms with Gasteiger partial charge in [-0.3, -0.25) is 9.79 Å². The Bertz CT molecular complexity index is 683. The zero-order chi connectivity index (χ0) is 20.5. The molecule has 0 aromatic carbocycles. The maximum absolute atomic E-state index is 12.5. The third-order valence-corrected chi connectivity index (χ3v) is 5.33. The minimum Gasteiger partial charge on any atom is -0.477 e. The van der Waals surface area contributed by atoms with Gasteiger partial charge in [-0.05, 0) is 25.3 Å². The molecule has 1 unspecified atom stereocenters. The molecular formula is C21H33N5O3. The molecule has 0 aliphatic carbocycles. The van der Waals surface area contributed by atoms with Crippen LogP contribution in [0.2, 0.25) is 0 Å². The first-order valence-corrected chi connectivity index (χ1v) is 10.7. The van der Waals surface area contributed by atoms with Crippen molar-refractivity contribution >= 4 is 11.9 Å². The van der Waals surface area contributed by atoms with Gasteiger partial charge in [0.2, 0.25) is 5.88 Å². The Labute approximate surface area is 173 Å². The number of rotatable bonds is 7. The number of ether oxygens (including phenoxy) is 2. The average molecular weight is 404 g/mol. The summed E-state index contributed by atoms with van der Waals surface area (Å²) in [4.78, 5) is 25.4. The van der Waals surface area contributed by atoms with Crippen molar-refractivity contribution in [3.8, 4) is 5.88 Å². The van der Waals surface area contributed by atoms with Crippen LogP contribution < -0.4 is 10.1 Å². The number of carbonyl (C=O) groups excluding carboxylic acids is 1. The van der Waals surface area contributed by atoms with Gasteiger partial charge in [-0.1, -0.05) is 19.4 Å². The molecule has 2 aliphatic rings. The number of pyridine rings is 1. The van der Waals surface area contributed by atoms with E-state index in [1.807, 2.05) is 17.0 Å². The van der Waals surface area contributed by atoms with Crippen LogP contribution in [0.5, 0.6) is 5.88 Å². The smallest absolute Gasteiger partial charge is 0.251 e. The van der Waals surface area contributed by atoms with Gasteiger partial charge < -0.3 is 24.6 Å². The van der Waals surface area contributed by atoms with E-state index in [1.54, 1.807) is 13.2 Å². The minimum absolute atomic E-state index is 0.134. The van der Waals surface area contributed by atoms with E-state index in [4.69, 9.17) is 9.47 Å². The van der Waals surface area contributed by atoms with Crippen LogP contribution in [0.4, 0.5) is 0 Å². The Hall–Kier alpha value is -2.35. The number of nitrogens with one attached hydrogen (secondary N) is 1. The molecule has 3 heterocycles. The van der Waals surface area contributed by atoms with Crippen LogP contribution in [0.15, 0.2) is 23.3 Å². The predicted octanol–water partition coefficient (Wildman–Crippen LogP) is 1.66. The van der Waals surface area contributed by atoms with Crippen LogP contribution in [-0.2, 0) is 16.1 Å². The van der Waals surface area contributed by atoms with Crippen LogP contribution >= 0.6 is 0 Å². The molecule has 29 heavy (non-hydrogen) atoms. The number of guanidine groups is 1. The quantitative estimate of drug-likeness (QED) is 0.424. The average Bonchev–Trinajstić information content (AvgIpc) is 3.30. The van der Waals surface area contributed by atoms with Gasteiger partial charge in [0.25, 0.3) is 5.91 Å². The maximum Gasteiger partial charge on any atom is 0.251 e. The zero-order valence-electron chi connectivity index (χ0n) is 17.6. The largest absolute Gasteiger partial charge is 0.477 e. The minimum atomic E-state index is -0.240. The van der Waals surface area contributed by atoms with Crippen molar-refractivity contribution in [1.82, 2.24) is 20.1 Å². The van der Waals surface area contributed by atoms with E-state index in [2.05, 4.69) is 27.1 Å². The van der Waals surface area contributed by atoms with E-state index in [0.29, 0.717) is 38.7 Å². The SMILES string of the molecule is CCCCOc1ncccc1CNC(=NC)N1CCN(C(=O)C2CCCO2)CC1. The van der Waals surface area contributed by atoms with Crippen molar-refractivity contribution in [1.29, 1.82) is 0 Å². The first-order valence-electron chi connectivity index (χ1n) is 10.7. The zero-order valence-corrected chi connectivity index (χ0v) is 17.6. The van der Waals surface area contributed by atoms with E-state index in [-0.39, 0.29) is 12.0 Å². The number of aromatic nitrogens is 1. The number of piperazine rings is 1. The lowest BCUT2D eigenvalue weighted by Gasteiger charge is -2.37.